The van der Waals surface area contributed by atoms with Gasteiger partial charge in [0.1, 0.15) is 18.1 Å². The molecule has 10 heteroatoms. The summed E-state index contributed by atoms with van der Waals surface area (Å²) in [5.74, 6) is -2.69. The zero-order chi connectivity index (χ0) is 25.7. The molecule has 2 heterocycles. The smallest absolute Gasteiger partial charge is 0.325 e. The first-order chi connectivity index (χ1) is 16.6. The van der Waals surface area contributed by atoms with Gasteiger partial charge in [-0.15, -0.1) is 0 Å². The standard InChI is InChI=1S/C25H35N5O5/c1-4-14(2)21(23(32)28-15(3)25(34)35)29-22(31)20-10-7-11-30(20)24(33)18(26)12-16-13-27-19-9-6-5-8-17(16)19/h5-6,8-9,13-15,18,20-21,27H,4,7,10-12,26H2,1-3H3,(H,28,32)(H,29,31)(H,34,35). The van der Waals surface area contributed by atoms with E-state index in [1.807, 2.05) is 44.3 Å². The first kappa shape index (κ1) is 26.2. The molecule has 5 atom stereocenters. The molecule has 3 rings (SSSR count). The van der Waals surface area contributed by atoms with Gasteiger partial charge in [-0.1, -0.05) is 38.5 Å². The Labute approximate surface area is 204 Å². The molecule has 1 aliphatic rings. The van der Waals surface area contributed by atoms with Crippen LogP contribution >= 0.6 is 0 Å². The van der Waals surface area contributed by atoms with E-state index in [9.17, 15) is 19.2 Å². The maximum absolute atomic E-state index is 13.2. The van der Waals surface area contributed by atoms with Crippen molar-refractivity contribution in [1.29, 1.82) is 0 Å². The summed E-state index contributed by atoms with van der Waals surface area (Å²) in [5.41, 5.74) is 8.19. The van der Waals surface area contributed by atoms with Crippen LogP contribution in [0.15, 0.2) is 30.5 Å². The Morgan fingerprint density at radius 3 is 2.60 bits per heavy atom. The van der Waals surface area contributed by atoms with Crippen LogP contribution in [-0.2, 0) is 25.6 Å². The van der Waals surface area contributed by atoms with Crippen LogP contribution in [0.4, 0.5) is 0 Å². The lowest BCUT2D eigenvalue weighted by molar-refractivity contribution is -0.143. The maximum atomic E-state index is 13.2. The number of rotatable bonds is 10. The number of amides is 3. The summed E-state index contributed by atoms with van der Waals surface area (Å²) in [6.07, 6.45) is 3.90. The number of carboxylic acids is 1. The Kier molecular flexibility index (Phi) is 8.50. The molecule has 1 aliphatic heterocycles. The Morgan fingerprint density at radius 1 is 1.20 bits per heavy atom. The number of aromatic nitrogens is 1. The van der Waals surface area contributed by atoms with Crippen LogP contribution < -0.4 is 16.4 Å². The van der Waals surface area contributed by atoms with Crippen LogP contribution in [-0.4, -0.2) is 69.4 Å². The van der Waals surface area contributed by atoms with E-state index in [0.29, 0.717) is 32.2 Å². The maximum Gasteiger partial charge on any atom is 0.325 e. The van der Waals surface area contributed by atoms with Crippen molar-refractivity contribution < 1.29 is 24.3 Å². The van der Waals surface area contributed by atoms with E-state index in [2.05, 4.69) is 15.6 Å². The van der Waals surface area contributed by atoms with E-state index in [1.165, 1.54) is 11.8 Å². The fourth-order valence-electron chi connectivity index (χ4n) is 4.46. The average Bonchev–Trinajstić information content (AvgIpc) is 3.49. The number of nitrogens with two attached hydrogens (primary N) is 1. The van der Waals surface area contributed by atoms with Crippen LogP contribution in [0, 0.1) is 5.92 Å². The minimum absolute atomic E-state index is 0.227. The van der Waals surface area contributed by atoms with E-state index in [0.717, 1.165) is 16.5 Å². The summed E-state index contributed by atoms with van der Waals surface area (Å²) < 4.78 is 0. The summed E-state index contributed by atoms with van der Waals surface area (Å²) in [7, 11) is 0. The van der Waals surface area contributed by atoms with Crippen LogP contribution in [0.3, 0.4) is 0 Å². The number of fused-ring (bicyclic) bond motifs is 1. The molecule has 0 aliphatic carbocycles. The zero-order valence-corrected chi connectivity index (χ0v) is 20.4. The topological polar surface area (TPSA) is 158 Å². The Bertz CT molecular complexity index is 1080. The van der Waals surface area contributed by atoms with Crippen LogP contribution in [0.25, 0.3) is 10.9 Å². The van der Waals surface area contributed by atoms with Gasteiger partial charge in [-0.3, -0.25) is 19.2 Å². The van der Waals surface area contributed by atoms with Crippen molar-refractivity contribution in [3.8, 4) is 0 Å². The Balaban J connectivity index is 1.68. The lowest BCUT2D eigenvalue weighted by Gasteiger charge is -2.30. The zero-order valence-electron chi connectivity index (χ0n) is 20.4. The van der Waals surface area contributed by atoms with Gasteiger partial charge in [-0.2, -0.15) is 0 Å². The minimum Gasteiger partial charge on any atom is -0.480 e. The number of benzene rings is 1. The van der Waals surface area contributed by atoms with Crippen LogP contribution in [0.5, 0.6) is 0 Å². The highest BCUT2D eigenvalue weighted by atomic mass is 16.4. The van der Waals surface area contributed by atoms with E-state index in [-0.39, 0.29) is 11.8 Å². The van der Waals surface area contributed by atoms with Gasteiger partial charge in [-0.05, 0) is 43.7 Å². The number of hydrogen-bond acceptors (Lipinski definition) is 5. The van der Waals surface area contributed by atoms with E-state index >= 15 is 0 Å². The molecule has 5 unspecified atom stereocenters. The van der Waals surface area contributed by atoms with Gasteiger partial charge in [0.25, 0.3) is 0 Å². The molecule has 10 nitrogen and oxygen atoms in total. The monoisotopic (exact) mass is 485 g/mol. The van der Waals surface area contributed by atoms with Crippen molar-refractivity contribution >= 4 is 34.6 Å². The fraction of sp³-hybridized carbons (Fsp3) is 0.520. The van der Waals surface area contributed by atoms with Gasteiger partial charge in [0.05, 0.1) is 6.04 Å². The number of H-pyrrole nitrogens is 1. The molecule has 1 saturated heterocycles. The van der Waals surface area contributed by atoms with Gasteiger partial charge in [0.15, 0.2) is 0 Å². The Hall–Kier alpha value is -3.40. The summed E-state index contributed by atoms with van der Waals surface area (Å²) in [4.78, 5) is 54.9. The number of hydrogen-bond donors (Lipinski definition) is 5. The highest BCUT2D eigenvalue weighted by Crippen LogP contribution is 2.22. The third-order valence-electron chi connectivity index (χ3n) is 6.79. The normalized spacial score (nSPS) is 19.1. The lowest BCUT2D eigenvalue weighted by Crippen LogP contribution is -2.58. The number of para-hydroxylation sites is 1. The fourth-order valence-corrected chi connectivity index (χ4v) is 4.46. The number of nitrogens with zero attached hydrogens (tertiary/aromatic N) is 1. The van der Waals surface area contributed by atoms with Crippen molar-refractivity contribution in [2.45, 2.75) is 70.6 Å². The molecule has 0 spiro atoms. The minimum atomic E-state index is -1.16. The van der Waals surface area contributed by atoms with Crippen molar-refractivity contribution in [1.82, 2.24) is 20.5 Å². The number of aliphatic carboxylic acids is 1. The van der Waals surface area contributed by atoms with Crippen LogP contribution in [0.2, 0.25) is 0 Å². The summed E-state index contributed by atoms with van der Waals surface area (Å²) >= 11 is 0. The highest BCUT2D eigenvalue weighted by Gasteiger charge is 2.38. The first-order valence-electron chi connectivity index (χ1n) is 12.1. The number of likely N-dealkylation sites (tertiary alicyclic amines) is 1. The molecule has 1 aromatic heterocycles. The average molecular weight is 486 g/mol. The second-order valence-electron chi connectivity index (χ2n) is 9.30. The number of nitrogens with one attached hydrogen (secondary N) is 3. The quantitative estimate of drug-likeness (QED) is 0.340. The molecule has 0 saturated carbocycles. The van der Waals surface area contributed by atoms with Crippen molar-refractivity contribution in [3.05, 3.63) is 36.0 Å². The molecule has 2 aromatic rings. The summed E-state index contributed by atoms with van der Waals surface area (Å²) in [5, 5.41) is 15.3. The first-order valence-corrected chi connectivity index (χ1v) is 12.1. The molecule has 3 amide bonds. The predicted molar refractivity (Wildman–Crippen MR) is 131 cm³/mol. The number of carboxylic acid groups (broad SMARTS) is 1. The summed E-state index contributed by atoms with van der Waals surface area (Å²) in [6, 6.07) is 4.24. The number of aromatic amines is 1. The largest absolute Gasteiger partial charge is 0.480 e. The van der Waals surface area contributed by atoms with Crippen molar-refractivity contribution in [3.63, 3.8) is 0 Å². The molecule has 6 N–H and O–H groups in total. The molecule has 1 aromatic carbocycles. The predicted octanol–water partition coefficient (Wildman–Crippen LogP) is 1.15. The highest BCUT2D eigenvalue weighted by molar-refractivity contribution is 5.94. The van der Waals surface area contributed by atoms with Gasteiger partial charge in [0.2, 0.25) is 17.7 Å². The van der Waals surface area contributed by atoms with Gasteiger partial charge < -0.3 is 31.4 Å². The number of carbonyl (C=O) groups excluding carboxylic acids is 3. The molecular formula is C25H35N5O5. The third-order valence-corrected chi connectivity index (χ3v) is 6.79. The van der Waals surface area contributed by atoms with Crippen molar-refractivity contribution in [2.75, 3.05) is 6.54 Å². The Morgan fingerprint density at radius 2 is 1.91 bits per heavy atom. The van der Waals surface area contributed by atoms with Gasteiger partial charge in [0, 0.05) is 23.6 Å². The van der Waals surface area contributed by atoms with E-state index < -0.39 is 42.0 Å². The molecular weight excluding hydrogens is 450 g/mol. The SMILES string of the molecule is CCC(C)C(NC(=O)C1CCCN1C(=O)C(N)Cc1c[nH]c2ccccc12)C(=O)NC(C)C(=O)O. The van der Waals surface area contributed by atoms with Gasteiger partial charge in [-0.25, -0.2) is 0 Å². The van der Waals surface area contributed by atoms with E-state index in [4.69, 9.17) is 10.8 Å². The molecule has 1 fully saturated rings. The van der Waals surface area contributed by atoms with E-state index in [1.54, 1.807) is 0 Å². The van der Waals surface area contributed by atoms with Crippen LogP contribution in [0.1, 0.15) is 45.6 Å². The second-order valence-corrected chi connectivity index (χ2v) is 9.30. The molecule has 190 valence electrons. The molecule has 0 radical (unpaired) electrons. The number of carbonyl (C=O) groups is 4. The molecule has 35 heavy (non-hydrogen) atoms. The van der Waals surface area contributed by atoms with Crippen molar-refractivity contribution in [2.24, 2.45) is 11.7 Å². The molecule has 0 bridgehead atoms. The van der Waals surface area contributed by atoms with Gasteiger partial charge >= 0.3 is 5.97 Å². The lowest BCUT2D eigenvalue weighted by atomic mass is 9.97. The third kappa shape index (κ3) is 6.00. The second kappa shape index (κ2) is 11.4. The summed E-state index contributed by atoms with van der Waals surface area (Å²) in [6.45, 7) is 5.47.